The number of rotatable bonds is 7. The van der Waals surface area contributed by atoms with Gasteiger partial charge in [0.25, 0.3) is 5.69 Å². The van der Waals surface area contributed by atoms with Crippen molar-refractivity contribution in [1.82, 2.24) is 10.2 Å². The topological polar surface area (TPSA) is 75.5 Å². The van der Waals surface area contributed by atoms with Crippen LogP contribution >= 0.6 is 0 Å². The highest BCUT2D eigenvalue weighted by Gasteiger charge is 2.04. The molecule has 6 heteroatoms. The van der Waals surface area contributed by atoms with Gasteiger partial charge in [0, 0.05) is 37.3 Å². The van der Waals surface area contributed by atoms with E-state index in [1.165, 1.54) is 18.2 Å². The molecule has 1 rings (SSSR count). The number of carbonyl (C=O) groups is 1. The molecule has 6 nitrogen and oxygen atoms in total. The van der Waals surface area contributed by atoms with Gasteiger partial charge in [-0.1, -0.05) is 0 Å². The molecule has 0 heterocycles. The Kier molecular flexibility index (Phi) is 6.55. The second-order valence-corrected chi connectivity index (χ2v) is 5.05. The van der Waals surface area contributed by atoms with E-state index < -0.39 is 4.92 Å². The molecule has 1 amide bonds. The number of nitrogens with zero attached hydrogens (tertiary/aromatic N) is 2. The number of amides is 1. The highest BCUT2D eigenvalue weighted by Crippen LogP contribution is 2.12. The summed E-state index contributed by atoms with van der Waals surface area (Å²) in [6, 6.07) is 6.48. The maximum atomic E-state index is 11.6. The third-order valence-corrected chi connectivity index (χ3v) is 3.18. The minimum Gasteiger partial charge on any atom is -0.351 e. The number of carbonyl (C=O) groups excluding carboxylic acids is 1. The molecule has 114 valence electrons. The van der Waals surface area contributed by atoms with Crippen LogP contribution in [0.5, 0.6) is 0 Å². The lowest BCUT2D eigenvalue weighted by Gasteiger charge is -2.20. The smallest absolute Gasteiger partial charge is 0.269 e. The molecular weight excluding hydrogens is 270 g/mol. The van der Waals surface area contributed by atoms with Gasteiger partial charge >= 0.3 is 0 Å². The van der Waals surface area contributed by atoms with Crippen LogP contribution in [0.4, 0.5) is 5.69 Å². The van der Waals surface area contributed by atoms with E-state index in [1.807, 2.05) is 7.05 Å². The molecule has 0 aliphatic carbocycles. The van der Waals surface area contributed by atoms with E-state index in [4.69, 9.17) is 0 Å². The summed E-state index contributed by atoms with van der Waals surface area (Å²) in [6.45, 7) is 5.56. The molecule has 0 spiro atoms. The molecule has 1 aromatic rings. The Balaban J connectivity index is 2.41. The number of benzene rings is 1. The van der Waals surface area contributed by atoms with Gasteiger partial charge in [-0.05, 0) is 44.7 Å². The molecule has 0 aliphatic rings. The van der Waals surface area contributed by atoms with Crippen LogP contribution in [-0.2, 0) is 4.79 Å². The molecule has 0 unspecified atom stereocenters. The monoisotopic (exact) mass is 291 g/mol. The average Bonchev–Trinajstić information content (AvgIpc) is 2.45. The second-order valence-electron chi connectivity index (χ2n) is 5.05. The van der Waals surface area contributed by atoms with Crippen molar-refractivity contribution in [1.29, 1.82) is 0 Å². The summed E-state index contributed by atoms with van der Waals surface area (Å²) in [5, 5.41) is 13.3. The van der Waals surface area contributed by atoms with Crippen molar-refractivity contribution in [2.75, 3.05) is 20.1 Å². The van der Waals surface area contributed by atoms with Crippen LogP contribution < -0.4 is 5.32 Å². The lowest BCUT2D eigenvalue weighted by atomic mass is 10.2. The minimum atomic E-state index is -0.453. The predicted molar refractivity (Wildman–Crippen MR) is 82.9 cm³/mol. The zero-order valence-electron chi connectivity index (χ0n) is 12.6. The molecule has 0 aromatic heterocycles. The van der Waals surface area contributed by atoms with E-state index in [1.54, 1.807) is 18.2 Å². The van der Waals surface area contributed by atoms with Gasteiger partial charge in [-0.25, -0.2) is 0 Å². The van der Waals surface area contributed by atoms with E-state index in [-0.39, 0.29) is 11.6 Å². The number of non-ortho nitro benzene ring substituents is 1. The first-order chi connectivity index (χ1) is 9.90. The Morgan fingerprint density at radius 3 is 2.52 bits per heavy atom. The fourth-order valence-corrected chi connectivity index (χ4v) is 1.55. The molecule has 0 radical (unpaired) electrons. The molecule has 0 saturated heterocycles. The van der Waals surface area contributed by atoms with E-state index in [0.717, 1.165) is 12.1 Å². The number of hydrogen-bond acceptors (Lipinski definition) is 4. The first kappa shape index (κ1) is 16.8. The van der Waals surface area contributed by atoms with Crippen LogP contribution in [0.1, 0.15) is 19.4 Å². The lowest BCUT2D eigenvalue weighted by molar-refractivity contribution is -0.384. The van der Waals surface area contributed by atoms with Crippen molar-refractivity contribution >= 4 is 17.7 Å². The zero-order valence-corrected chi connectivity index (χ0v) is 12.6. The first-order valence-electron chi connectivity index (χ1n) is 6.80. The Morgan fingerprint density at radius 1 is 1.38 bits per heavy atom. The Morgan fingerprint density at radius 2 is 2.00 bits per heavy atom. The molecule has 0 aliphatic heterocycles. The summed E-state index contributed by atoms with van der Waals surface area (Å²) in [5.74, 6) is -0.175. The van der Waals surface area contributed by atoms with Crippen molar-refractivity contribution in [2.24, 2.45) is 0 Å². The largest absolute Gasteiger partial charge is 0.351 e. The zero-order chi connectivity index (χ0) is 15.8. The molecule has 21 heavy (non-hydrogen) atoms. The van der Waals surface area contributed by atoms with Gasteiger partial charge in [0.15, 0.2) is 0 Å². The number of hydrogen-bond donors (Lipinski definition) is 1. The summed E-state index contributed by atoms with van der Waals surface area (Å²) < 4.78 is 0. The Labute approximate surface area is 124 Å². The maximum Gasteiger partial charge on any atom is 0.269 e. The fourth-order valence-electron chi connectivity index (χ4n) is 1.55. The van der Waals surface area contributed by atoms with Gasteiger partial charge in [0.1, 0.15) is 0 Å². The van der Waals surface area contributed by atoms with Crippen LogP contribution in [0.15, 0.2) is 30.3 Å². The third-order valence-electron chi connectivity index (χ3n) is 3.18. The van der Waals surface area contributed by atoms with Crippen LogP contribution in [0.2, 0.25) is 0 Å². The highest BCUT2D eigenvalue weighted by atomic mass is 16.6. The van der Waals surface area contributed by atoms with Crippen molar-refractivity contribution in [3.63, 3.8) is 0 Å². The summed E-state index contributed by atoms with van der Waals surface area (Å²) in [5.41, 5.74) is 0.781. The maximum absolute atomic E-state index is 11.6. The normalized spacial score (nSPS) is 11.3. The lowest BCUT2D eigenvalue weighted by Crippen LogP contribution is -2.35. The molecule has 0 fully saturated rings. The molecule has 0 saturated carbocycles. The van der Waals surface area contributed by atoms with E-state index in [2.05, 4.69) is 24.1 Å². The Bertz CT molecular complexity index is 509. The van der Waals surface area contributed by atoms with Crippen LogP contribution in [0.3, 0.4) is 0 Å². The van der Waals surface area contributed by atoms with Crippen LogP contribution in [0.25, 0.3) is 6.08 Å². The Hall–Kier alpha value is -2.21. The fraction of sp³-hybridized carbons (Fsp3) is 0.400. The summed E-state index contributed by atoms with van der Waals surface area (Å²) in [4.78, 5) is 23.8. The van der Waals surface area contributed by atoms with Crippen molar-refractivity contribution < 1.29 is 9.72 Å². The summed E-state index contributed by atoms with van der Waals surface area (Å²) in [7, 11) is 2.00. The molecular formula is C15H21N3O3. The van der Waals surface area contributed by atoms with Gasteiger partial charge < -0.3 is 10.2 Å². The standard InChI is InChI=1S/C15H21N3O3/c1-12(2)17(3)11-10-16-15(19)9-6-13-4-7-14(8-5-13)18(20)21/h4-9,12H,10-11H2,1-3H3,(H,16,19)/b9-6+. The minimum absolute atomic E-state index is 0.0355. The van der Waals surface area contributed by atoms with Gasteiger partial charge in [-0.15, -0.1) is 0 Å². The molecule has 1 N–H and O–H groups in total. The number of nitrogens with one attached hydrogen (secondary N) is 1. The van der Waals surface area contributed by atoms with Crippen molar-refractivity contribution in [3.8, 4) is 0 Å². The van der Waals surface area contributed by atoms with Gasteiger partial charge in [0.05, 0.1) is 4.92 Å². The van der Waals surface area contributed by atoms with E-state index in [0.29, 0.717) is 12.6 Å². The second kappa shape index (κ2) is 8.16. The van der Waals surface area contributed by atoms with E-state index in [9.17, 15) is 14.9 Å². The molecule has 0 atom stereocenters. The number of nitro benzene ring substituents is 1. The van der Waals surface area contributed by atoms with E-state index >= 15 is 0 Å². The number of likely N-dealkylation sites (N-methyl/N-ethyl adjacent to an activating group) is 1. The van der Waals surface area contributed by atoms with Crippen LogP contribution in [-0.4, -0.2) is 41.9 Å². The third kappa shape index (κ3) is 6.18. The quantitative estimate of drug-likeness (QED) is 0.474. The van der Waals surface area contributed by atoms with Crippen molar-refractivity contribution in [2.45, 2.75) is 19.9 Å². The number of nitro groups is 1. The predicted octanol–water partition coefficient (Wildman–Crippen LogP) is 2.06. The highest BCUT2D eigenvalue weighted by molar-refractivity contribution is 5.91. The van der Waals surface area contributed by atoms with Gasteiger partial charge in [-0.3, -0.25) is 14.9 Å². The average molecular weight is 291 g/mol. The molecule has 0 bridgehead atoms. The van der Waals surface area contributed by atoms with Crippen LogP contribution in [0, 0.1) is 10.1 Å². The van der Waals surface area contributed by atoms with Gasteiger partial charge in [-0.2, -0.15) is 0 Å². The SMILES string of the molecule is CC(C)N(C)CCNC(=O)/C=C/c1ccc([N+](=O)[O-])cc1. The van der Waals surface area contributed by atoms with Gasteiger partial charge in [0.2, 0.25) is 5.91 Å². The summed E-state index contributed by atoms with van der Waals surface area (Å²) in [6.07, 6.45) is 3.06. The molecule has 1 aromatic carbocycles. The summed E-state index contributed by atoms with van der Waals surface area (Å²) >= 11 is 0. The van der Waals surface area contributed by atoms with Crippen molar-refractivity contribution in [3.05, 3.63) is 46.0 Å². The first-order valence-corrected chi connectivity index (χ1v) is 6.80.